The molecule has 0 radical (unpaired) electrons. The molecule has 0 fully saturated rings. The summed E-state index contributed by atoms with van der Waals surface area (Å²) in [5.41, 5.74) is 0.550. The fraction of sp³-hybridized carbons (Fsp3) is 0.222. The average molecular weight is 203 g/mol. The molecule has 0 saturated carbocycles. The number of carbonyl (C=O) groups is 1. The fourth-order valence-corrected chi connectivity index (χ4v) is 1.01. The van der Waals surface area contributed by atoms with E-state index in [1.54, 1.807) is 6.07 Å². The van der Waals surface area contributed by atoms with E-state index in [0.29, 0.717) is 5.56 Å². The maximum atomic E-state index is 12.8. The van der Waals surface area contributed by atoms with Gasteiger partial charge in [-0.3, -0.25) is 4.79 Å². The Labute approximate surface area is 80.3 Å². The lowest BCUT2D eigenvalue weighted by Gasteiger charge is -2.00. The van der Waals surface area contributed by atoms with E-state index >= 15 is 0 Å². The first kappa shape index (κ1) is 9.99. The average Bonchev–Trinajstić information content (AvgIpc) is 2.11. The number of hydrogen-bond donors (Lipinski definition) is 0. The predicted octanol–water partition coefficient (Wildman–Crippen LogP) is 2.19. The number of rotatable bonds is 2. The van der Waals surface area contributed by atoms with Crippen LogP contribution in [0, 0.1) is 5.82 Å². The van der Waals surface area contributed by atoms with Gasteiger partial charge in [-0.25, -0.2) is 4.39 Å². The van der Waals surface area contributed by atoms with Crippen molar-refractivity contribution in [1.29, 1.82) is 0 Å². The lowest BCUT2D eigenvalue weighted by molar-refractivity contribution is -0.139. The fourth-order valence-electron chi connectivity index (χ4n) is 0.888. The summed E-state index contributed by atoms with van der Waals surface area (Å²) in [6.45, 7) is 0. The molecule has 0 atom stereocenters. The van der Waals surface area contributed by atoms with Crippen molar-refractivity contribution in [3.63, 3.8) is 0 Å². The number of ether oxygens (including phenoxy) is 1. The van der Waals surface area contributed by atoms with Crippen molar-refractivity contribution in [3.8, 4) is 0 Å². The third-order valence-corrected chi connectivity index (χ3v) is 1.87. The zero-order chi connectivity index (χ0) is 9.84. The highest BCUT2D eigenvalue weighted by Gasteiger charge is 2.05. The van der Waals surface area contributed by atoms with Crippen LogP contribution in [-0.4, -0.2) is 13.1 Å². The van der Waals surface area contributed by atoms with E-state index in [-0.39, 0.29) is 11.4 Å². The van der Waals surface area contributed by atoms with Gasteiger partial charge in [-0.15, -0.1) is 0 Å². The molecular weight excluding hydrogens is 195 g/mol. The van der Waals surface area contributed by atoms with Crippen LogP contribution < -0.4 is 0 Å². The largest absolute Gasteiger partial charge is 0.469 e. The summed E-state index contributed by atoms with van der Waals surface area (Å²) in [5, 5.41) is 0.0496. The van der Waals surface area contributed by atoms with Gasteiger partial charge in [0, 0.05) is 0 Å². The number of carbonyl (C=O) groups excluding carboxylic acids is 1. The second kappa shape index (κ2) is 4.23. The summed E-state index contributed by atoms with van der Waals surface area (Å²) < 4.78 is 17.3. The second-order valence-corrected chi connectivity index (χ2v) is 2.91. The van der Waals surface area contributed by atoms with E-state index in [9.17, 15) is 9.18 Å². The minimum Gasteiger partial charge on any atom is -0.469 e. The Balaban J connectivity index is 2.79. The highest BCUT2D eigenvalue weighted by atomic mass is 35.5. The summed E-state index contributed by atoms with van der Waals surface area (Å²) in [6.07, 6.45) is 0.0601. The first-order valence-electron chi connectivity index (χ1n) is 3.64. The van der Waals surface area contributed by atoms with Gasteiger partial charge in [0.05, 0.1) is 18.6 Å². The third kappa shape index (κ3) is 2.70. The Bertz CT molecular complexity index is 325. The lowest BCUT2D eigenvalue weighted by Crippen LogP contribution is -2.04. The van der Waals surface area contributed by atoms with Crippen LogP contribution in [0.2, 0.25) is 5.02 Å². The van der Waals surface area contributed by atoms with Gasteiger partial charge in [0.15, 0.2) is 0 Å². The van der Waals surface area contributed by atoms with Crippen LogP contribution in [0.15, 0.2) is 18.2 Å². The topological polar surface area (TPSA) is 26.3 Å². The lowest BCUT2D eigenvalue weighted by atomic mass is 10.1. The van der Waals surface area contributed by atoms with E-state index < -0.39 is 11.8 Å². The number of methoxy groups -OCH3 is 1. The molecule has 0 aliphatic heterocycles. The summed E-state index contributed by atoms with van der Waals surface area (Å²) in [6, 6.07) is 4.22. The van der Waals surface area contributed by atoms with Gasteiger partial charge in [-0.2, -0.15) is 0 Å². The molecule has 0 unspecified atom stereocenters. The molecule has 13 heavy (non-hydrogen) atoms. The number of esters is 1. The van der Waals surface area contributed by atoms with Gasteiger partial charge in [0.25, 0.3) is 0 Å². The molecule has 0 bridgehead atoms. The molecule has 0 heterocycles. The van der Waals surface area contributed by atoms with Crippen molar-refractivity contribution in [2.75, 3.05) is 7.11 Å². The Morgan fingerprint density at radius 2 is 2.31 bits per heavy atom. The normalized spacial score (nSPS) is 9.77. The van der Waals surface area contributed by atoms with Crippen molar-refractivity contribution in [3.05, 3.63) is 34.6 Å². The van der Waals surface area contributed by atoms with Crippen molar-refractivity contribution >= 4 is 17.6 Å². The molecular formula is C9H8ClFO2. The third-order valence-electron chi connectivity index (χ3n) is 1.56. The molecule has 1 aromatic carbocycles. The molecule has 1 aromatic rings. The minimum absolute atomic E-state index is 0.0496. The van der Waals surface area contributed by atoms with Gasteiger partial charge in [0.2, 0.25) is 0 Å². The molecule has 2 nitrogen and oxygen atoms in total. The highest BCUT2D eigenvalue weighted by molar-refractivity contribution is 6.30. The molecule has 70 valence electrons. The maximum absolute atomic E-state index is 12.8. The Morgan fingerprint density at radius 1 is 1.62 bits per heavy atom. The molecule has 0 spiro atoms. The van der Waals surface area contributed by atoms with Crippen LogP contribution in [0.1, 0.15) is 5.56 Å². The standard InChI is InChI=1S/C9H8ClFO2/c1-13-9(12)5-6-2-3-7(10)8(11)4-6/h2-4H,5H2,1H3. The number of benzene rings is 1. The van der Waals surface area contributed by atoms with Gasteiger partial charge < -0.3 is 4.74 Å². The number of hydrogen-bond acceptors (Lipinski definition) is 2. The van der Waals surface area contributed by atoms with E-state index in [0.717, 1.165) is 0 Å². The molecule has 4 heteroatoms. The van der Waals surface area contributed by atoms with Crippen molar-refractivity contribution in [2.24, 2.45) is 0 Å². The van der Waals surface area contributed by atoms with E-state index in [1.807, 2.05) is 0 Å². The van der Waals surface area contributed by atoms with E-state index in [2.05, 4.69) is 4.74 Å². The SMILES string of the molecule is COC(=O)Cc1ccc(Cl)c(F)c1. The monoisotopic (exact) mass is 202 g/mol. The van der Waals surface area contributed by atoms with Crippen LogP contribution in [0.3, 0.4) is 0 Å². The molecule has 0 amide bonds. The van der Waals surface area contributed by atoms with Gasteiger partial charge in [-0.1, -0.05) is 17.7 Å². The molecule has 0 aliphatic carbocycles. The van der Waals surface area contributed by atoms with Gasteiger partial charge >= 0.3 is 5.97 Å². The predicted molar refractivity (Wildman–Crippen MR) is 47.1 cm³/mol. The quantitative estimate of drug-likeness (QED) is 0.688. The molecule has 0 saturated heterocycles. The van der Waals surface area contributed by atoms with Crippen LogP contribution in [0.4, 0.5) is 4.39 Å². The van der Waals surface area contributed by atoms with Crippen molar-refractivity contribution in [1.82, 2.24) is 0 Å². The zero-order valence-corrected chi connectivity index (χ0v) is 7.77. The second-order valence-electron chi connectivity index (χ2n) is 2.50. The Hall–Kier alpha value is -1.09. The summed E-state index contributed by atoms with van der Waals surface area (Å²) in [7, 11) is 1.29. The summed E-state index contributed by atoms with van der Waals surface area (Å²) in [4.78, 5) is 10.8. The first-order valence-corrected chi connectivity index (χ1v) is 4.02. The van der Waals surface area contributed by atoms with Crippen molar-refractivity contribution in [2.45, 2.75) is 6.42 Å². The van der Waals surface area contributed by atoms with Crippen LogP contribution in [-0.2, 0) is 16.0 Å². The molecule has 0 aliphatic rings. The zero-order valence-electron chi connectivity index (χ0n) is 7.01. The summed E-state index contributed by atoms with van der Waals surface area (Å²) in [5.74, 6) is -0.926. The van der Waals surface area contributed by atoms with Gasteiger partial charge in [-0.05, 0) is 17.7 Å². The van der Waals surface area contributed by atoms with Crippen LogP contribution >= 0.6 is 11.6 Å². The minimum atomic E-state index is -0.525. The molecule has 0 N–H and O–H groups in total. The van der Waals surface area contributed by atoms with Crippen LogP contribution in [0.25, 0.3) is 0 Å². The van der Waals surface area contributed by atoms with Crippen LogP contribution in [0.5, 0.6) is 0 Å². The molecule has 0 aromatic heterocycles. The first-order chi connectivity index (χ1) is 6.13. The summed E-state index contributed by atoms with van der Waals surface area (Å²) >= 11 is 5.46. The van der Waals surface area contributed by atoms with E-state index in [4.69, 9.17) is 11.6 Å². The van der Waals surface area contributed by atoms with Crippen molar-refractivity contribution < 1.29 is 13.9 Å². The molecule has 1 rings (SSSR count). The van der Waals surface area contributed by atoms with E-state index in [1.165, 1.54) is 19.2 Å². The highest BCUT2D eigenvalue weighted by Crippen LogP contribution is 2.15. The Morgan fingerprint density at radius 3 is 2.85 bits per heavy atom. The number of halogens is 2. The smallest absolute Gasteiger partial charge is 0.309 e. The Kier molecular flexibility index (Phi) is 3.25. The van der Waals surface area contributed by atoms with Gasteiger partial charge in [0.1, 0.15) is 5.82 Å². The maximum Gasteiger partial charge on any atom is 0.309 e.